The van der Waals surface area contributed by atoms with Gasteiger partial charge in [-0.25, -0.2) is 8.42 Å². The van der Waals surface area contributed by atoms with Crippen LogP contribution in [0.25, 0.3) is 0 Å². The highest BCUT2D eigenvalue weighted by Gasteiger charge is 2.17. The van der Waals surface area contributed by atoms with Gasteiger partial charge in [0.05, 0.1) is 26.6 Å². The van der Waals surface area contributed by atoms with Crippen LogP contribution in [0.5, 0.6) is 11.5 Å². The van der Waals surface area contributed by atoms with Crippen LogP contribution in [0.2, 0.25) is 0 Å². The molecule has 0 atom stereocenters. The lowest BCUT2D eigenvalue weighted by atomic mass is 10.2. The summed E-state index contributed by atoms with van der Waals surface area (Å²) >= 11 is 0. The van der Waals surface area contributed by atoms with E-state index < -0.39 is 21.5 Å². The van der Waals surface area contributed by atoms with E-state index in [1.807, 2.05) is 0 Å². The molecule has 0 saturated carbocycles. The van der Waals surface area contributed by atoms with Gasteiger partial charge in [0.15, 0.2) is 21.3 Å². The van der Waals surface area contributed by atoms with E-state index in [1.165, 1.54) is 21.3 Å². The van der Waals surface area contributed by atoms with Gasteiger partial charge in [0.2, 0.25) is 5.91 Å². The molecule has 1 rings (SSSR count). The number of carbonyl (C=O) groups is 1. The van der Waals surface area contributed by atoms with Crippen LogP contribution < -0.4 is 14.8 Å². The van der Waals surface area contributed by atoms with Gasteiger partial charge in [-0.3, -0.25) is 4.79 Å². The van der Waals surface area contributed by atoms with E-state index in [-0.39, 0.29) is 12.4 Å². The van der Waals surface area contributed by atoms with E-state index in [2.05, 4.69) is 5.32 Å². The molecule has 0 aliphatic heterocycles. The molecule has 0 radical (unpaired) electrons. The second-order valence-electron chi connectivity index (χ2n) is 4.20. The summed E-state index contributed by atoms with van der Waals surface area (Å²) in [6.45, 7) is 0.0615. The first-order chi connectivity index (χ1) is 9.91. The van der Waals surface area contributed by atoms with Crippen molar-refractivity contribution in [3.63, 3.8) is 0 Å². The predicted octanol–water partition coefficient (Wildman–Crippen LogP) is 0.703. The first-order valence-electron chi connectivity index (χ1n) is 6.13. The largest absolute Gasteiger partial charge is 0.493 e. The summed E-state index contributed by atoms with van der Waals surface area (Å²) in [4.78, 5) is 11.7. The first-order valence-corrected chi connectivity index (χ1v) is 7.95. The van der Waals surface area contributed by atoms with Gasteiger partial charge < -0.3 is 19.5 Å². The van der Waals surface area contributed by atoms with E-state index in [4.69, 9.17) is 14.2 Å². The molecule has 0 aromatic heterocycles. The van der Waals surface area contributed by atoms with Crippen molar-refractivity contribution in [1.82, 2.24) is 0 Å². The Hall–Kier alpha value is -1.80. The molecule has 0 bridgehead atoms. The van der Waals surface area contributed by atoms with Crippen molar-refractivity contribution in [2.75, 3.05) is 44.8 Å². The molecule has 0 aliphatic rings. The number of sulfone groups is 1. The topological polar surface area (TPSA) is 90.9 Å². The highest BCUT2D eigenvalue weighted by molar-refractivity contribution is 7.92. The Bertz CT molecular complexity index is 584. The predicted molar refractivity (Wildman–Crippen MR) is 78.7 cm³/mol. The van der Waals surface area contributed by atoms with Crippen LogP contribution in [0.3, 0.4) is 0 Å². The van der Waals surface area contributed by atoms with Crippen LogP contribution in [-0.2, 0) is 19.4 Å². The Kier molecular flexibility index (Phi) is 6.44. The quantitative estimate of drug-likeness (QED) is 0.759. The van der Waals surface area contributed by atoms with E-state index in [9.17, 15) is 13.2 Å². The van der Waals surface area contributed by atoms with E-state index in [1.54, 1.807) is 18.2 Å². The lowest BCUT2D eigenvalue weighted by Crippen LogP contribution is -2.26. The number of hydrogen-bond acceptors (Lipinski definition) is 6. The summed E-state index contributed by atoms with van der Waals surface area (Å²) in [6, 6.07) is 4.77. The lowest BCUT2D eigenvalue weighted by molar-refractivity contribution is -0.113. The zero-order valence-corrected chi connectivity index (χ0v) is 13.0. The van der Waals surface area contributed by atoms with Crippen molar-refractivity contribution in [3.8, 4) is 11.5 Å². The number of carbonyl (C=O) groups excluding carboxylic acids is 1. The number of methoxy groups -OCH3 is 3. The third kappa shape index (κ3) is 5.60. The summed E-state index contributed by atoms with van der Waals surface area (Å²) in [7, 11) is 0.887. The number of nitrogens with one attached hydrogen (secondary N) is 1. The van der Waals surface area contributed by atoms with Gasteiger partial charge >= 0.3 is 0 Å². The normalized spacial score (nSPS) is 11.0. The zero-order valence-electron chi connectivity index (χ0n) is 12.2. The number of rotatable bonds is 8. The maximum atomic E-state index is 11.7. The minimum atomic E-state index is -3.48. The Morgan fingerprint density at radius 3 is 2.38 bits per heavy atom. The molecule has 0 heterocycles. The van der Waals surface area contributed by atoms with Gasteiger partial charge in [-0.05, 0) is 12.1 Å². The summed E-state index contributed by atoms with van der Waals surface area (Å²) in [5, 5.41) is 2.51. The van der Waals surface area contributed by atoms with Crippen LogP contribution in [0, 0.1) is 0 Å². The number of hydrogen-bond donors (Lipinski definition) is 1. The second-order valence-corrected chi connectivity index (χ2v) is 6.39. The number of benzene rings is 1. The van der Waals surface area contributed by atoms with Crippen LogP contribution >= 0.6 is 0 Å². The van der Waals surface area contributed by atoms with Crippen LogP contribution in [-0.4, -0.2) is 53.8 Å². The fraction of sp³-hybridized carbons (Fsp3) is 0.462. The molecule has 0 saturated heterocycles. The second kappa shape index (κ2) is 7.84. The van der Waals surface area contributed by atoms with Gasteiger partial charge in [0.25, 0.3) is 0 Å². The molecule has 8 heteroatoms. The van der Waals surface area contributed by atoms with E-state index in [0.29, 0.717) is 17.2 Å². The van der Waals surface area contributed by atoms with Gasteiger partial charge in [0.1, 0.15) is 5.75 Å². The molecule has 0 spiro atoms. The van der Waals surface area contributed by atoms with Crippen molar-refractivity contribution in [3.05, 3.63) is 18.2 Å². The van der Waals surface area contributed by atoms with Crippen molar-refractivity contribution in [2.45, 2.75) is 0 Å². The van der Waals surface area contributed by atoms with Crippen molar-refractivity contribution < 1.29 is 27.4 Å². The smallest absolute Gasteiger partial charge is 0.239 e. The molecule has 118 valence electrons. The molecular weight excluding hydrogens is 298 g/mol. The Balaban J connectivity index is 2.71. The Morgan fingerprint density at radius 2 is 1.81 bits per heavy atom. The number of amides is 1. The van der Waals surface area contributed by atoms with Gasteiger partial charge in [0, 0.05) is 18.9 Å². The minimum Gasteiger partial charge on any atom is -0.493 e. The highest BCUT2D eigenvalue weighted by atomic mass is 32.2. The minimum absolute atomic E-state index is 0.0615. The van der Waals surface area contributed by atoms with Gasteiger partial charge in [-0.15, -0.1) is 0 Å². The molecule has 1 aromatic rings. The molecule has 1 aromatic carbocycles. The standard InChI is InChI=1S/C13H19NO6S/c1-18-6-7-21(16,17)9-13(15)14-10-4-5-11(19-2)12(8-10)20-3/h4-5,8H,6-7,9H2,1-3H3,(H,14,15). The van der Waals surface area contributed by atoms with Crippen molar-refractivity contribution >= 4 is 21.4 Å². The molecule has 0 fully saturated rings. The lowest BCUT2D eigenvalue weighted by Gasteiger charge is -2.10. The average Bonchev–Trinajstić information content (AvgIpc) is 2.44. The monoisotopic (exact) mass is 317 g/mol. The van der Waals surface area contributed by atoms with Gasteiger partial charge in [-0.2, -0.15) is 0 Å². The number of ether oxygens (including phenoxy) is 3. The number of anilines is 1. The van der Waals surface area contributed by atoms with Crippen molar-refractivity contribution in [2.24, 2.45) is 0 Å². The molecule has 0 unspecified atom stereocenters. The fourth-order valence-electron chi connectivity index (χ4n) is 1.59. The van der Waals surface area contributed by atoms with Crippen molar-refractivity contribution in [1.29, 1.82) is 0 Å². The summed E-state index contributed by atoms with van der Waals surface area (Å²) in [6.07, 6.45) is 0. The Labute approximate surface area is 124 Å². The summed E-state index contributed by atoms with van der Waals surface area (Å²) < 4.78 is 38.1. The maximum absolute atomic E-state index is 11.7. The van der Waals surface area contributed by atoms with Crippen LogP contribution in [0.15, 0.2) is 18.2 Å². The molecule has 0 aliphatic carbocycles. The maximum Gasteiger partial charge on any atom is 0.239 e. The van der Waals surface area contributed by atoms with Gasteiger partial charge in [-0.1, -0.05) is 0 Å². The molecule has 21 heavy (non-hydrogen) atoms. The fourth-order valence-corrected chi connectivity index (χ4v) is 2.63. The molecular formula is C13H19NO6S. The third-order valence-corrected chi connectivity index (χ3v) is 4.11. The average molecular weight is 317 g/mol. The third-order valence-electron chi connectivity index (χ3n) is 2.62. The molecule has 7 nitrogen and oxygen atoms in total. The zero-order chi connectivity index (χ0) is 15.9. The van der Waals surface area contributed by atoms with E-state index in [0.717, 1.165) is 0 Å². The van der Waals surface area contributed by atoms with E-state index >= 15 is 0 Å². The van der Waals surface area contributed by atoms with Crippen LogP contribution in [0.1, 0.15) is 0 Å². The molecule has 1 amide bonds. The highest BCUT2D eigenvalue weighted by Crippen LogP contribution is 2.29. The molecule has 1 N–H and O–H groups in total. The summed E-state index contributed by atoms with van der Waals surface area (Å²) in [5.41, 5.74) is 0.430. The first kappa shape index (κ1) is 17.3. The Morgan fingerprint density at radius 1 is 1.14 bits per heavy atom. The summed E-state index contributed by atoms with van der Waals surface area (Å²) in [5.74, 6) is -0.438. The SMILES string of the molecule is COCCS(=O)(=O)CC(=O)Nc1ccc(OC)c(OC)c1. The van der Waals surface area contributed by atoms with Crippen LogP contribution in [0.4, 0.5) is 5.69 Å².